The van der Waals surface area contributed by atoms with Gasteiger partial charge < -0.3 is 18.9 Å². The van der Waals surface area contributed by atoms with Gasteiger partial charge in [0.2, 0.25) is 0 Å². The number of unbranched alkanes of at least 4 members (excludes halogenated alkanes) is 6. The van der Waals surface area contributed by atoms with E-state index in [9.17, 15) is 0 Å². The molecule has 0 radical (unpaired) electrons. The molecule has 0 N–H and O–H groups in total. The molecule has 1 aliphatic rings. The topological polar surface area (TPSA) is 40.2 Å². The first-order chi connectivity index (χ1) is 23.8. The van der Waals surface area contributed by atoms with E-state index in [4.69, 9.17) is 18.9 Å². The third kappa shape index (κ3) is 12.0. The predicted octanol–water partition coefficient (Wildman–Crippen LogP) is 9.39. The number of nitrogens with zero attached hydrogens (tertiary/aromatic N) is 1. The van der Waals surface area contributed by atoms with Crippen molar-refractivity contribution in [2.45, 2.75) is 103 Å². The van der Waals surface area contributed by atoms with Crippen molar-refractivity contribution in [3.63, 3.8) is 0 Å². The van der Waals surface area contributed by atoms with Crippen LogP contribution in [0.5, 0.6) is 0 Å². The molecule has 4 aromatic rings. The summed E-state index contributed by atoms with van der Waals surface area (Å²) in [5.74, 6) is 0. The number of benzene rings is 4. The Hall–Kier alpha value is -3.32. The van der Waals surface area contributed by atoms with Crippen molar-refractivity contribution >= 4 is 0 Å². The zero-order valence-electron chi connectivity index (χ0n) is 28.8. The van der Waals surface area contributed by atoms with Crippen molar-refractivity contribution in [1.29, 1.82) is 0 Å². The maximum atomic E-state index is 6.94. The van der Waals surface area contributed by atoms with Crippen LogP contribution in [0.2, 0.25) is 0 Å². The Morgan fingerprint density at radius 1 is 0.500 bits per heavy atom. The van der Waals surface area contributed by atoms with E-state index in [-0.39, 0.29) is 24.4 Å². The van der Waals surface area contributed by atoms with Crippen LogP contribution in [-0.4, -0.2) is 49.0 Å². The standard InChI is InChI=1S/C43H55NO4/c1-2-3-4-5-6-7-20-29-44-30-41(46-32-37-23-14-9-15-24-37)43(48-34-39-27-18-11-19-28-39)42(47-33-38-25-16-10-17-26-38)40(44)35-45-31-36-21-12-8-13-22-36/h8-19,21-28,40-43H,2-7,20,29-35H2,1H3. The molecule has 1 saturated heterocycles. The molecule has 5 nitrogen and oxygen atoms in total. The largest absolute Gasteiger partial charge is 0.375 e. The van der Waals surface area contributed by atoms with Crippen LogP contribution in [0, 0.1) is 0 Å². The first kappa shape index (κ1) is 36.0. The molecule has 4 aromatic carbocycles. The Labute approximate surface area is 289 Å². The van der Waals surface area contributed by atoms with Gasteiger partial charge in [0.05, 0.1) is 45.2 Å². The summed E-state index contributed by atoms with van der Waals surface area (Å²) in [5, 5.41) is 0. The number of ether oxygens (including phenoxy) is 4. The summed E-state index contributed by atoms with van der Waals surface area (Å²) in [6.07, 6.45) is 8.25. The molecule has 4 unspecified atom stereocenters. The van der Waals surface area contributed by atoms with Gasteiger partial charge in [-0.05, 0) is 35.2 Å². The average molecular weight is 650 g/mol. The normalized spacial score (nSPS) is 19.8. The molecule has 48 heavy (non-hydrogen) atoms. The predicted molar refractivity (Wildman–Crippen MR) is 195 cm³/mol. The van der Waals surface area contributed by atoms with Crippen molar-refractivity contribution in [2.75, 3.05) is 19.7 Å². The lowest BCUT2D eigenvalue weighted by Gasteiger charge is -2.48. The quantitative estimate of drug-likeness (QED) is 0.0842. The second kappa shape index (κ2) is 20.9. The summed E-state index contributed by atoms with van der Waals surface area (Å²) in [5.41, 5.74) is 4.63. The van der Waals surface area contributed by atoms with Gasteiger partial charge in [-0.2, -0.15) is 0 Å². The highest BCUT2D eigenvalue weighted by atomic mass is 16.6. The maximum absolute atomic E-state index is 6.94. The van der Waals surface area contributed by atoms with Gasteiger partial charge in [-0.3, -0.25) is 4.90 Å². The van der Waals surface area contributed by atoms with E-state index in [0.717, 1.165) is 36.2 Å². The van der Waals surface area contributed by atoms with Crippen LogP contribution >= 0.6 is 0 Å². The minimum atomic E-state index is -0.270. The number of likely N-dealkylation sites (tertiary alicyclic amines) is 1. The van der Waals surface area contributed by atoms with Gasteiger partial charge in [0.15, 0.2) is 0 Å². The number of hydrogen-bond acceptors (Lipinski definition) is 5. The number of rotatable bonds is 21. The van der Waals surface area contributed by atoms with Crippen LogP contribution in [0.3, 0.4) is 0 Å². The minimum absolute atomic E-state index is 0.0230. The van der Waals surface area contributed by atoms with Crippen molar-refractivity contribution in [2.24, 2.45) is 0 Å². The molecule has 0 aromatic heterocycles. The van der Waals surface area contributed by atoms with Crippen molar-refractivity contribution < 1.29 is 18.9 Å². The summed E-state index contributed by atoms with van der Waals surface area (Å²) < 4.78 is 27.1. The van der Waals surface area contributed by atoms with Crippen molar-refractivity contribution in [3.05, 3.63) is 144 Å². The highest BCUT2D eigenvalue weighted by molar-refractivity contribution is 5.16. The molecular weight excluding hydrogens is 594 g/mol. The second-order valence-corrected chi connectivity index (χ2v) is 13.0. The van der Waals surface area contributed by atoms with E-state index >= 15 is 0 Å². The Bertz CT molecular complexity index is 1370. The zero-order valence-corrected chi connectivity index (χ0v) is 28.8. The summed E-state index contributed by atoms with van der Waals surface area (Å²) >= 11 is 0. The first-order valence-corrected chi connectivity index (χ1v) is 18.1. The van der Waals surface area contributed by atoms with Crippen LogP contribution in [0.15, 0.2) is 121 Å². The maximum Gasteiger partial charge on any atom is 0.113 e. The summed E-state index contributed by atoms with van der Waals surface area (Å²) in [4.78, 5) is 2.57. The van der Waals surface area contributed by atoms with E-state index in [1.54, 1.807) is 0 Å². The Kier molecular flexibility index (Phi) is 15.7. The van der Waals surface area contributed by atoms with Gasteiger partial charge in [0.25, 0.3) is 0 Å². The van der Waals surface area contributed by atoms with Gasteiger partial charge in [-0.15, -0.1) is 0 Å². The molecule has 0 amide bonds. The molecule has 1 heterocycles. The smallest absolute Gasteiger partial charge is 0.113 e. The minimum Gasteiger partial charge on any atom is -0.375 e. The van der Waals surface area contributed by atoms with E-state index in [0.29, 0.717) is 33.0 Å². The molecule has 4 atom stereocenters. The Morgan fingerprint density at radius 3 is 1.46 bits per heavy atom. The fourth-order valence-corrected chi connectivity index (χ4v) is 6.58. The lowest BCUT2D eigenvalue weighted by atomic mass is 9.92. The summed E-state index contributed by atoms with van der Waals surface area (Å²) in [7, 11) is 0. The molecular formula is C43H55NO4. The fraction of sp³-hybridized carbons (Fsp3) is 0.442. The van der Waals surface area contributed by atoms with Crippen LogP contribution in [-0.2, 0) is 45.4 Å². The lowest BCUT2D eigenvalue weighted by molar-refractivity contribution is -0.210. The van der Waals surface area contributed by atoms with Crippen molar-refractivity contribution in [3.8, 4) is 0 Å². The van der Waals surface area contributed by atoms with Gasteiger partial charge in [0, 0.05) is 6.54 Å². The van der Waals surface area contributed by atoms with Crippen LogP contribution in [0.4, 0.5) is 0 Å². The van der Waals surface area contributed by atoms with Crippen LogP contribution in [0.1, 0.15) is 74.1 Å². The Morgan fingerprint density at radius 2 is 0.938 bits per heavy atom. The molecule has 0 aliphatic carbocycles. The Balaban J connectivity index is 1.38. The highest BCUT2D eigenvalue weighted by Gasteiger charge is 2.46. The highest BCUT2D eigenvalue weighted by Crippen LogP contribution is 2.30. The third-order valence-corrected chi connectivity index (χ3v) is 9.28. The van der Waals surface area contributed by atoms with E-state index < -0.39 is 0 Å². The van der Waals surface area contributed by atoms with Gasteiger partial charge in [-0.25, -0.2) is 0 Å². The molecule has 1 aliphatic heterocycles. The zero-order chi connectivity index (χ0) is 33.1. The van der Waals surface area contributed by atoms with Crippen LogP contribution < -0.4 is 0 Å². The van der Waals surface area contributed by atoms with Gasteiger partial charge >= 0.3 is 0 Å². The molecule has 0 spiro atoms. The molecule has 5 rings (SSSR count). The van der Waals surface area contributed by atoms with Gasteiger partial charge in [0.1, 0.15) is 12.2 Å². The lowest BCUT2D eigenvalue weighted by Crippen LogP contribution is -2.64. The molecule has 1 fully saturated rings. The SMILES string of the molecule is CCCCCCCCCN1CC(OCc2ccccc2)C(OCc2ccccc2)C(OCc2ccccc2)C1COCc1ccccc1. The summed E-state index contributed by atoms with van der Waals surface area (Å²) in [6.45, 7) is 6.68. The van der Waals surface area contributed by atoms with Crippen molar-refractivity contribution in [1.82, 2.24) is 4.90 Å². The molecule has 256 valence electrons. The molecule has 0 saturated carbocycles. The fourth-order valence-electron chi connectivity index (χ4n) is 6.58. The average Bonchev–Trinajstić information content (AvgIpc) is 3.14. The van der Waals surface area contributed by atoms with E-state index in [1.165, 1.54) is 44.1 Å². The van der Waals surface area contributed by atoms with Gasteiger partial charge in [-0.1, -0.05) is 167 Å². The first-order valence-electron chi connectivity index (χ1n) is 18.1. The molecule has 5 heteroatoms. The second-order valence-electron chi connectivity index (χ2n) is 13.0. The monoisotopic (exact) mass is 649 g/mol. The van der Waals surface area contributed by atoms with E-state index in [1.807, 2.05) is 24.3 Å². The number of piperidine rings is 1. The van der Waals surface area contributed by atoms with E-state index in [2.05, 4.69) is 109 Å². The molecule has 0 bridgehead atoms. The van der Waals surface area contributed by atoms with Crippen LogP contribution in [0.25, 0.3) is 0 Å². The third-order valence-electron chi connectivity index (χ3n) is 9.28. The summed E-state index contributed by atoms with van der Waals surface area (Å²) in [6, 6.07) is 41.8. The number of hydrogen-bond donors (Lipinski definition) is 0.